The average Bonchev–Trinajstić information content (AvgIpc) is 2.80. The first-order valence-corrected chi connectivity index (χ1v) is 8.34. The maximum Gasteiger partial charge on any atom is 0.389 e. The number of sulfonamides is 1. The lowest BCUT2D eigenvalue weighted by molar-refractivity contribution is -0.135. The molecule has 0 saturated carbocycles. The minimum atomic E-state index is -4.26. The van der Waals surface area contributed by atoms with E-state index in [0.29, 0.717) is 6.42 Å². The fourth-order valence-electron chi connectivity index (χ4n) is 1.45. The van der Waals surface area contributed by atoms with Gasteiger partial charge in [0.05, 0.1) is 0 Å². The summed E-state index contributed by atoms with van der Waals surface area (Å²) >= 11 is 1.13. The van der Waals surface area contributed by atoms with Crippen molar-refractivity contribution in [2.24, 2.45) is 0 Å². The van der Waals surface area contributed by atoms with E-state index < -0.39 is 22.6 Å². The zero-order valence-electron chi connectivity index (χ0n) is 11.0. The summed E-state index contributed by atoms with van der Waals surface area (Å²) in [6.45, 7) is 0.518. The number of likely N-dealkylation sites (N-methyl/N-ethyl adjacent to an activating group) is 1. The summed E-state index contributed by atoms with van der Waals surface area (Å²) in [4.78, 5) is 0.912. The topological polar surface area (TPSA) is 58.2 Å². The molecule has 4 nitrogen and oxygen atoms in total. The van der Waals surface area contributed by atoms with Crippen LogP contribution in [0, 0.1) is 0 Å². The second-order valence-electron chi connectivity index (χ2n) is 4.19. The number of alkyl halides is 3. The van der Waals surface area contributed by atoms with Crippen molar-refractivity contribution >= 4 is 21.4 Å². The van der Waals surface area contributed by atoms with Gasteiger partial charge in [0, 0.05) is 17.8 Å². The smallest absolute Gasteiger partial charge is 0.319 e. The summed E-state index contributed by atoms with van der Waals surface area (Å²) in [5.74, 6) is 0. The van der Waals surface area contributed by atoms with Gasteiger partial charge in [0.25, 0.3) is 0 Å². The molecule has 1 rings (SSSR count). The van der Waals surface area contributed by atoms with Gasteiger partial charge in [-0.05, 0) is 38.6 Å². The molecule has 1 aromatic heterocycles. The minimum Gasteiger partial charge on any atom is -0.319 e. The molecule has 0 aliphatic carbocycles. The van der Waals surface area contributed by atoms with Crippen LogP contribution in [0.3, 0.4) is 0 Å². The zero-order valence-corrected chi connectivity index (χ0v) is 12.6. The highest BCUT2D eigenvalue weighted by Crippen LogP contribution is 2.23. The molecule has 0 radical (unpaired) electrons. The van der Waals surface area contributed by atoms with Crippen LogP contribution in [0.2, 0.25) is 0 Å². The first-order chi connectivity index (χ1) is 9.24. The lowest BCUT2D eigenvalue weighted by Crippen LogP contribution is -2.25. The Morgan fingerprint density at radius 2 is 1.95 bits per heavy atom. The summed E-state index contributed by atoms with van der Waals surface area (Å²) in [6.07, 6.45) is -4.80. The highest BCUT2D eigenvalue weighted by molar-refractivity contribution is 7.91. The molecule has 1 heterocycles. The molecule has 0 unspecified atom stereocenters. The Kier molecular flexibility index (Phi) is 6.44. The van der Waals surface area contributed by atoms with Gasteiger partial charge in [0.2, 0.25) is 10.0 Å². The Balaban J connectivity index is 2.49. The van der Waals surface area contributed by atoms with E-state index in [0.717, 1.165) is 22.8 Å². The Morgan fingerprint density at radius 1 is 1.25 bits per heavy atom. The van der Waals surface area contributed by atoms with Crippen molar-refractivity contribution in [3.63, 3.8) is 0 Å². The van der Waals surface area contributed by atoms with E-state index in [9.17, 15) is 21.6 Å². The molecule has 2 N–H and O–H groups in total. The van der Waals surface area contributed by atoms with E-state index in [2.05, 4.69) is 10.0 Å². The van der Waals surface area contributed by atoms with Gasteiger partial charge in [-0.15, -0.1) is 11.3 Å². The van der Waals surface area contributed by atoms with E-state index in [1.807, 2.05) is 0 Å². The van der Waals surface area contributed by atoms with Crippen molar-refractivity contribution < 1.29 is 21.6 Å². The molecule has 0 amide bonds. The van der Waals surface area contributed by atoms with Crippen LogP contribution in [-0.4, -0.2) is 34.7 Å². The molecule has 0 bridgehead atoms. The van der Waals surface area contributed by atoms with Crippen molar-refractivity contribution in [2.75, 3.05) is 20.1 Å². The quantitative estimate of drug-likeness (QED) is 0.718. The van der Waals surface area contributed by atoms with Crippen LogP contribution >= 0.6 is 11.3 Å². The van der Waals surface area contributed by atoms with Gasteiger partial charge in [0.1, 0.15) is 4.21 Å². The number of hydrogen-bond donors (Lipinski definition) is 2. The van der Waals surface area contributed by atoms with Crippen LogP contribution in [-0.2, 0) is 16.4 Å². The number of rotatable bonds is 8. The molecule has 0 aliphatic heterocycles. The third-order valence-corrected chi connectivity index (χ3v) is 5.55. The normalized spacial score (nSPS) is 12.8. The Bertz CT molecular complexity index is 512. The molecule has 20 heavy (non-hydrogen) atoms. The fourth-order valence-corrected chi connectivity index (χ4v) is 3.93. The van der Waals surface area contributed by atoms with Gasteiger partial charge in [0.15, 0.2) is 0 Å². The van der Waals surface area contributed by atoms with Crippen LogP contribution in [0.5, 0.6) is 0 Å². The molecular formula is C11H17F3N2O2S2. The van der Waals surface area contributed by atoms with Gasteiger partial charge < -0.3 is 5.32 Å². The first-order valence-electron chi connectivity index (χ1n) is 6.04. The largest absolute Gasteiger partial charge is 0.389 e. The van der Waals surface area contributed by atoms with Gasteiger partial charge >= 0.3 is 6.18 Å². The van der Waals surface area contributed by atoms with Gasteiger partial charge in [-0.1, -0.05) is 0 Å². The van der Waals surface area contributed by atoms with E-state index in [-0.39, 0.29) is 17.2 Å². The maximum absolute atomic E-state index is 11.9. The minimum absolute atomic E-state index is 0.135. The Hall–Kier alpha value is -0.640. The summed E-state index contributed by atoms with van der Waals surface area (Å²) in [5.41, 5.74) is 0. The van der Waals surface area contributed by atoms with Crippen molar-refractivity contribution in [1.82, 2.24) is 10.0 Å². The van der Waals surface area contributed by atoms with E-state index in [4.69, 9.17) is 0 Å². The lowest BCUT2D eigenvalue weighted by Gasteiger charge is -2.07. The fraction of sp³-hybridized carbons (Fsp3) is 0.636. The van der Waals surface area contributed by atoms with Crippen molar-refractivity contribution in [3.05, 3.63) is 17.0 Å². The second-order valence-corrected chi connectivity index (χ2v) is 7.35. The average molecular weight is 330 g/mol. The van der Waals surface area contributed by atoms with Crippen molar-refractivity contribution in [1.29, 1.82) is 0 Å². The SMILES string of the molecule is CNCCc1ccc(S(=O)(=O)NCCCC(F)(F)F)s1. The van der Waals surface area contributed by atoms with Crippen molar-refractivity contribution in [2.45, 2.75) is 29.6 Å². The molecule has 1 aromatic rings. The number of hydrogen-bond acceptors (Lipinski definition) is 4. The molecule has 0 fully saturated rings. The van der Waals surface area contributed by atoms with Crippen LogP contribution < -0.4 is 10.0 Å². The second kappa shape index (κ2) is 7.39. The highest BCUT2D eigenvalue weighted by Gasteiger charge is 2.26. The Labute approximate surface area is 120 Å². The summed E-state index contributed by atoms with van der Waals surface area (Å²) in [5, 5.41) is 2.96. The van der Waals surface area contributed by atoms with Crippen LogP contribution in [0.15, 0.2) is 16.3 Å². The predicted octanol–water partition coefficient (Wildman–Crippen LogP) is 2.13. The molecule has 0 aliphatic rings. The summed E-state index contributed by atoms with van der Waals surface area (Å²) in [6, 6.07) is 3.19. The third kappa shape index (κ3) is 6.21. The Morgan fingerprint density at radius 3 is 2.55 bits per heavy atom. The summed E-state index contributed by atoms with van der Waals surface area (Å²) < 4.78 is 61.8. The predicted molar refractivity (Wildman–Crippen MR) is 72.4 cm³/mol. The van der Waals surface area contributed by atoms with Crippen LogP contribution in [0.1, 0.15) is 17.7 Å². The van der Waals surface area contributed by atoms with Crippen molar-refractivity contribution in [3.8, 4) is 0 Å². The zero-order chi connectivity index (χ0) is 15.2. The van der Waals surface area contributed by atoms with Crippen LogP contribution in [0.25, 0.3) is 0 Å². The number of halogens is 3. The molecule has 116 valence electrons. The van der Waals surface area contributed by atoms with Gasteiger partial charge in [-0.25, -0.2) is 13.1 Å². The number of thiophene rings is 1. The monoisotopic (exact) mass is 330 g/mol. The highest BCUT2D eigenvalue weighted by atomic mass is 32.2. The van der Waals surface area contributed by atoms with E-state index >= 15 is 0 Å². The van der Waals surface area contributed by atoms with E-state index in [1.165, 1.54) is 6.07 Å². The first kappa shape index (κ1) is 17.4. The number of nitrogens with one attached hydrogen (secondary N) is 2. The summed E-state index contributed by atoms with van der Waals surface area (Å²) in [7, 11) is -1.90. The molecule has 0 atom stereocenters. The lowest BCUT2D eigenvalue weighted by atomic mass is 10.3. The standard InChI is InChI=1S/C11H17F3N2O2S2/c1-15-8-5-9-3-4-10(19-9)20(17,18)16-7-2-6-11(12,13)14/h3-4,15-16H,2,5-8H2,1H3. The van der Waals surface area contributed by atoms with E-state index in [1.54, 1.807) is 13.1 Å². The van der Waals surface area contributed by atoms with Gasteiger partial charge in [-0.3, -0.25) is 0 Å². The van der Waals surface area contributed by atoms with Gasteiger partial charge in [-0.2, -0.15) is 13.2 Å². The molecule has 0 spiro atoms. The molecule has 9 heteroatoms. The maximum atomic E-state index is 11.9. The molecule has 0 saturated heterocycles. The molecule has 0 aromatic carbocycles. The third-order valence-electron chi connectivity index (χ3n) is 2.45. The van der Waals surface area contributed by atoms with Crippen LogP contribution in [0.4, 0.5) is 13.2 Å². The molecular weight excluding hydrogens is 313 g/mol.